The number of rotatable bonds is 6. The summed E-state index contributed by atoms with van der Waals surface area (Å²) < 4.78 is 33.9. The Hall–Kier alpha value is -5.16. The second-order valence-electron chi connectivity index (χ2n) is 9.05. The highest BCUT2D eigenvalue weighted by Gasteiger charge is 2.29. The van der Waals surface area contributed by atoms with Crippen molar-refractivity contribution < 1.29 is 27.9 Å². The van der Waals surface area contributed by atoms with Crippen LogP contribution in [0.3, 0.4) is 0 Å². The maximum atomic E-state index is 13.0. The Morgan fingerprint density at radius 3 is 2.38 bits per heavy atom. The molecule has 0 bridgehead atoms. The van der Waals surface area contributed by atoms with E-state index in [-0.39, 0.29) is 28.0 Å². The molecule has 6 rings (SSSR count). The minimum atomic E-state index is -4.06. The number of nitrogens with one attached hydrogen (secondary N) is 1. The first-order valence-corrected chi connectivity index (χ1v) is 13.6. The lowest BCUT2D eigenvalue weighted by molar-refractivity contribution is 0.0242. The van der Waals surface area contributed by atoms with Gasteiger partial charge in [-0.05, 0) is 42.0 Å². The zero-order valence-electron chi connectivity index (χ0n) is 20.7. The van der Waals surface area contributed by atoms with Crippen molar-refractivity contribution in [2.75, 3.05) is 4.72 Å². The first-order valence-electron chi connectivity index (χ1n) is 12.2. The van der Waals surface area contributed by atoms with Crippen LogP contribution >= 0.6 is 0 Å². The number of allylic oxidation sites excluding steroid dienone is 1. The number of carbonyl (C=O) groups excluding carboxylic acids is 2. The number of aliphatic hydroxyl groups excluding tert-OH is 1. The highest BCUT2D eigenvalue weighted by molar-refractivity contribution is 7.92. The number of carbonyl (C=O) groups is 2. The van der Waals surface area contributed by atoms with Gasteiger partial charge in [0.05, 0.1) is 27.4 Å². The highest BCUT2D eigenvalue weighted by Crippen LogP contribution is 2.31. The molecule has 3 aromatic carbocycles. The van der Waals surface area contributed by atoms with Crippen LogP contribution < -0.4 is 4.72 Å². The van der Waals surface area contributed by atoms with E-state index in [0.29, 0.717) is 34.5 Å². The van der Waals surface area contributed by atoms with Gasteiger partial charge in [0.25, 0.3) is 10.0 Å². The molecule has 1 aliphatic carbocycles. The number of cyclic esters (lactones) is 1. The van der Waals surface area contributed by atoms with E-state index in [9.17, 15) is 23.1 Å². The van der Waals surface area contributed by atoms with E-state index >= 15 is 0 Å². The van der Waals surface area contributed by atoms with Crippen LogP contribution in [0.5, 0.6) is 0 Å². The smallest absolute Gasteiger partial charge is 0.339 e. The maximum Gasteiger partial charge on any atom is 0.339 e. The predicted molar refractivity (Wildman–Crippen MR) is 146 cm³/mol. The second-order valence-corrected chi connectivity index (χ2v) is 10.7. The third-order valence-electron chi connectivity index (χ3n) is 6.54. The number of aliphatic imine (C=N–C) groups is 1. The number of hydrogen-bond acceptors (Lipinski definition) is 9. The number of anilines is 1. The highest BCUT2D eigenvalue weighted by atomic mass is 32.2. The van der Waals surface area contributed by atoms with Crippen LogP contribution in [0.15, 0.2) is 101 Å². The maximum absolute atomic E-state index is 13.0. The summed E-state index contributed by atoms with van der Waals surface area (Å²) in [5, 5.41) is 10.4. The minimum absolute atomic E-state index is 0.0590. The van der Waals surface area contributed by atoms with Crippen molar-refractivity contribution in [2.24, 2.45) is 4.99 Å². The van der Waals surface area contributed by atoms with Gasteiger partial charge >= 0.3 is 5.97 Å². The van der Waals surface area contributed by atoms with Gasteiger partial charge in [-0.2, -0.15) is 0 Å². The fraction of sp³-hybridized carbons (Fsp3) is 0.0690. The lowest BCUT2D eigenvalue weighted by Gasteiger charge is -2.24. The topological polar surface area (TPSA) is 148 Å². The average molecular weight is 553 g/mol. The van der Waals surface area contributed by atoms with Gasteiger partial charge in [0, 0.05) is 30.0 Å². The summed E-state index contributed by atoms with van der Waals surface area (Å²) in [6, 6.07) is 21.0. The third kappa shape index (κ3) is 4.63. The first-order chi connectivity index (χ1) is 19.3. The number of nitrogens with zero attached hydrogens (tertiary/aromatic N) is 3. The number of aliphatic hydroxyl groups is 1. The Morgan fingerprint density at radius 2 is 1.62 bits per heavy atom. The summed E-state index contributed by atoms with van der Waals surface area (Å²) in [4.78, 5) is 37.4. The van der Waals surface area contributed by atoms with E-state index in [2.05, 4.69) is 19.7 Å². The number of esters is 1. The van der Waals surface area contributed by atoms with Gasteiger partial charge in [-0.3, -0.25) is 9.79 Å². The van der Waals surface area contributed by atoms with E-state index in [0.717, 1.165) is 5.56 Å². The van der Waals surface area contributed by atoms with Crippen LogP contribution in [0.25, 0.3) is 5.76 Å². The fourth-order valence-corrected chi connectivity index (χ4v) is 5.48. The van der Waals surface area contributed by atoms with Crippen molar-refractivity contribution >= 4 is 45.4 Å². The van der Waals surface area contributed by atoms with Gasteiger partial charge in [0.2, 0.25) is 5.95 Å². The minimum Gasteiger partial charge on any atom is -0.506 e. The number of ketones is 1. The number of fused-ring (bicyclic) bond motifs is 2. The molecule has 1 aliphatic heterocycles. The molecule has 2 aliphatic rings. The number of Topliss-reactive ketones (excluding diaryl/α,β-unsaturated/α-hetero) is 1. The zero-order chi connectivity index (χ0) is 27.9. The lowest BCUT2D eigenvalue weighted by Crippen LogP contribution is -2.23. The SMILES string of the molecule is O=C1OC(c2ccnc(NS(=O)(=O)c3ccc(N=CC4=C(O)c5ccccc5C4=O)cc3)n2)Cc2ccccc21. The van der Waals surface area contributed by atoms with Crippen molar-refractivity contribution in [1.82, 2.24) is 9.97 Å². The largest absolute Gasteiger partial charge is 0.506 e. The van der Waals surface area contributed by atoms with Crippen LogP contribution in [0, 0.1) is 0 Å². The molecule has 2 N–H and O–H groups in total. The Balaban J connectivity index is 1.17. The van der Waals surface area contributed by atoms with Crippen LogP contribution in [0.4, 0.5) is 11.6 Å². The quantitative estimate of drug-likeness (QED) is 0.261. The summed E-state index contributed by atoms with van der Waals surface area (Å²) in [6.07, 6.45) is 2.37. The van der Waals surface area contributed by atoms with Crippen LogP contribution in [0.2, 0.25) is 0 Å². The molecular weight excluding hydrogens is 532 g/mol. The molecule has 11 heteroatoms. The first kappa shape index (κ1) is 25.1. The van der Waals surface area contributed by atoms with E-state index in [4.69, 9.17) is 4.74 Å². The molecule has 1 atom stereocenters. The molecule has 1 aromatic heterocycles. The summed E-state index contributed by atoms with van der Waals surface area (Å²) in [5.41, 5.74) is 2.95. The second kappa shape index (κ2) is 9.86. The number of ether oxygens (including phenoxy) is 1. The van der Waals surface area contributed by atoms with Crippen LogP contribution in [-0.4, -0.2) is 41.5 Å². The van der Waals surface area contributed by atoms with Crippen molar-refractivity contribution in [3.05, 3.63) is 119 Å². The van der Waals surface area contributed by atoms with Gasteiger partial charge in [-0.25, -0.2) is 27.9 Å². The Labute approximate surface area is 228 Å². The molecular formula is C29H20N4O6S. The summed E-state index contributed by atoms with van der Waals surface area (Å²) >= 11 is 0. The number of aromatic nitrogens is 2. The molecule has 198 valence electrons. The molecule has 1 unspecified atom stereocenters. The average Bonchev–Trinajstić information content (AvgIpc) is 3.21. The molecule has 0 spiro atoms. The van der Waals surface area contributed by atoms with Crippen molar-refractivity contribution in [2.45, 2.75) is 17.4 Å². The van der Waals surface area contributed by atoms with Crippen LogP contribution in [-0.2, 0) is 21.2 Å². The molecule has 0 radical (unpaired) electrons. The Bertz CT molecular complexity index is 1850. The normalized spacial score (nSPS) is 16.6. The molecule has 0 fully saturated rings. The number of benzene rings is 3. The zero-order valence-corrected chi connectivity index (χ0v) is 21.5. The molecule has 10 nitrogen and oxygen atoms in total. The van der Waals surface area contributed by atoms with Gasteiger partial charge in [0.1, 0.15) is 11.9 Å². The molecule has 0 amide bonds. The molecule has 40 heavy (non-hydrogen) atoms. The summed E-state index contributed by atoms with van der Waals surface area (Å²) in [5.74, 6) is -1.13. The molecule has 0 saturated heterocycles. The van der Waals surface area contributed by atoms with Crippen molar-refractivity contribution in [1.29, 1.82) is 0 Å². The Kier molecular flexibility index (Phi) is 6.20. The molecule has 2 heterocycles. The summed E-state index contributed by atoms with van der Waals surface area (Å²) in [6.45, 7) is 0. The van der Waals surface area contributed by atoms with Gasteiger partial charge in [-0.1, -0.05) is 42.5 Å². The lowest BCUT2D eigenvalue weighted by atomic mass is 9.97. The standard InChI is InChI=1S/C29H20N4O6S/c34-26-21-7-3-4-8-22(21)27(35)23(26)16-31-18-9-11-19(12-10-18)40(37,38)33-29-30-14-13-24(32-29)25-15-17-5-1-2-6-20(17)28(36)39-25/h1-14,16,25,34H,15H2,(H,30,32,33). The van der Waals surface area contributed by atoms with Crippen molar-refractivity contribution in [3.63, 3.8) is 0 Å². The van der Waals surface area contributed by atoms with E-state index in [1.807, 2.05) is 12.1 Å². The van der Waals surface area contributed by atoms with Gasteiger partial charge in [-0.15, -0.1) is 0 Å². The molecule has 0 saturated carbocycles. The number of hydrogen-bond donors (Lipinski definition) is 2. The van der Waals surface area contributed by atoms with Gasteiger partial charge < -0.3 is 9.84 Å². The summed E-state index contributed by atoms with van der Waals surface area (Å²) in [7, 11) is -4.06. The fourth-order valence-electron chi connectivity index (χ4n) is 4.53. The predicted octanol–water partition coefficient (Wildman–Crippen LogP) is 4.60. The number of sulfonamides is 1. The third-order valence-corrected chi connectivity index (χ3v) is 7.88. The van der Waals surface area contributed by atoms with E-state index in [1.54, 1.807) is 42.5 Å². The van der Waals surface area contributed by atoms with Crippen LogP contribution in [0.1, 0.15) is 43.6 Å². The van der Waals surface area contributed by atoms with E-state index in [1.165, 1.54) is 36.7 Å². The Morgan fingerprint density at radius 1 is 0.925 bits per heavy atom. The van der Waals surface area contributed by atoms with Crippen molar-refractivity contribution in [3.8, 4) is 0 Å². The van der Waals surface area contributed by atoms with E-state index < -0.39 is 22.1 Å². The monoisotopic (exact) mass is 552 g/mol. The van der Waals surface area contributed by atoms with Gasteiger partial charge in [0.15, 0.2) is 5.78 Å². The molecule has 4 aromatic rings.